The number of benzene rings is 2. The largest absolute Gasteiger partial charge is 0.486 e. The zero-order chi connectivity index (χ0) is 27.4. The Hall–Kier alpha value is -4.21. The van der Waals surface area contributed by atoms with Gasteiger partial charge in [-0.3, -0.25) is 14.6 Å². The molecular formula is C28H24Cl2N6O3. The molecule has 2 aromatic heterocycles. The number of pyridine rings is 1. The second-order valence-electron chi connectivity index (χ2n) is 8.83. The molecule has 0 spiro atoms. The van der Waals surface area contributed by atoms with Crippen LogP contribution in [0.5, 0.6) is 5.75 Å². The smallest absolute Gasteiger partial charge is 0.247 e. The number of ether oxygens (including phenoxy) is 1. The first kappa shape index (κ1) is 26.4. The fraction of sp³-hybridized carbons (Fsp3) is 0.179. The van der Waals surface area contributed by atoms with Gasteiger partial charge in [0.05, 0.1) is 26.9 Å². The van der Waals surface area contributed by atoms with E-state index in [1.165, 1.54) is 17.3 Å². The average Bonchev–Trinajstić information content (AvgIpc) is 3.44. The molecule has 1 saturated heterocycles. The van der Waals surface area contributed by atoms with Gasteiger partial charge in [-0.1, -0.05) is 35.8 Å². The molecule has 4 aromatic rings. The first-order valence-corrected chi connectivity index (χ1v) is 13.0. The minimum atomic E-state index is -0.590. The number of nitrogens with one attached hydrogen (secondary N) is 2. The van der Waals surface area contributed by atoms with Crippen LogP contribution in [0.1, 0.15) is 18.5 Å². The Morgan fingerprint density at radius 3 is 2.74 bits per heavy atom. The van der Waals surface area contributed by atoms with Gasteiger partial charge in [0.1, 0.15) is 30.5 Å². The third-order valence-corrected chi connectivity index (χ3v) is 6.90. The highest BCUT2D eigenvalue weighted by atomic mass is 35.5. The molecule has 9 nitrogen and oxygen atoms in total. The minimum absolute atomic E-state index is 0.274. The molecule has 3 heterocycles. The molecule has 1 aliphatic heterocycles. The van der Waals surface area contributed by atoms with Gasteiger partial charge in [0.2, 0.25) is 11.8 Å². The molecular weight excluding hydrogens is 539 g/mol. The summed E-state index contributed by atoms with van der Waals surface area (Å²) in [5, 5.41) is 7.48. The standard InChI is InChI=1S/C28H24Cl2N6O3/c1-2-26(37)36-11-5-7-24(36)28(38)35-23-13-19-22(14-20(23)29)32-16-33-27(19)34-17-8-9-25(21(30)12-17)39-15-18-6-3-4-10-31-18/h2-4,6,8-10,12-14,16,24H,1,5,7,11,15H2,(H,35,38)(H,32,33,34)/t24-/m0/s1. The first-order chi connectivity index (χ1) is 18.9. The number of fused-ring (bicyclic) bond motifs is 1. The molecule has 1 fully saturated rings. The SMILES string of the molecule is C=CC(=O)N1CCC[C@H]1C(=O)Nc1cc2c(Nc3ccc(OCc4ccccn4)c(Cl)c3)ncnc2cc1Cl. The molecule has 39 heavy (non-hydrogen) atoms. The Bertz CT molecular complexity index is 1550. The Labute approximate surface area is 234 Å². The van der Waals surface area contributed by atoms with Crippen molar-refractivity contribution in [2.45, 2.75) is 25.5 Å². The number of rotatable bonds is 8. The van der Waals surface area contributed by atoms with Gasteiger partial charge in [0.15, 0.2) is 0 Å². The maximum atomic E-state index is 13.0. The lowest BCUT2D eigenvalue weighted by atomic mass is 10.1. The number of hydrogen-bond acceptors (Lipinski definition) is 7. The van der Waals surface area contributed by atoms with Crippen LogP contribution < -0.4 is 15.4 Å². The lowest BCUT2D eigenvalue weighted by Crippen LogP contribution is -2.42. The van der Waals surface area contributed by atoms with E-state index in [1.807, 2.05) is 24.3 Å². The number of nitrogens with zero attached hydrogens (tertiary/aromatic N) is 4. The zero-order valence-electron chi connectivity index (χ0n) is 20.7. The summed E-state index contributed by atoms with van der Waals surface area (Å²) in [6.45, 7) is 4.32. The van der Waals surface area contributed by atoms with Crippen molar-refractivity contribution in [3.8, 4) is 5.75 Å². The van der Waals surface area contributed by atoms with Gasteiger partial charge < -0.3 is 20.3 Å². The van der Waals surface area contributed by atoms with Crippen LogP contribution >= 0.6 is 23.2 Å². The van der Waals surface area contributed by atoms with Crippen molar-refractivity contribution in [1.29, 1.82) is 0 Å². The maximum Gasteiger partial charge on any atom is 0.247 e. The number of hydrogen-bond donors (Lipinski definition) is 2. The number of carbonyl (C=O) groups excluding carboxylic acids is 2. The van der Waals surface area contributed by atoms with Crippen LogP contribution in [0.25, 0.3) is 10.9 Å². The molecule has 0 saturated carbocycles. The van der Waals surface area contributed by atoms with Gasteiger partial charge in [-0.15, -0.1) is 0 Å². The number of aromatic nitrogens is 3. The topological polar surface area (TPSA) is 109 Å². The second kappa shape index (κ2) is 11.7. The van der Waals surface area contributed by atoms with Crippen molar-refractivity contribution in [1.82, 2.24) is 19.9 Å². The van der Waals surface area contributed by atoms with E-state index in [4.69, 9.17) is 27.9 Å². The molecule has 0 unspecified atom stereocenters. The molecule has 11 heteroatoms. The molecule has 0 aliphatic carbocycles. The minimum Gasteiger partial charge on any atom is -0.486 e. The average molecular weight is 563 g/mol. The van der Waals surface area contributed by atoms with Crippen molar-refractivity contribution < 1.29 is 14.3 Å². The van der Waals surface area contributed by atoms with Crippen LogP contribution in [-0.4, -0.2) is 44.3 Å². The quantitative estimate of drug-likeness (QED) is 0.262. The van der Waals surface area contributed by atoms with Gasteiger partial charge in [-0.25, -0.2) is 9.97 Å². The predicted octanol–water partition coefficient (Wildman–Crippen LogP) is 5.77. The van der Waals surface area contributed by atoms with E-state index in [2.05, 4.69) is 32.2 Å². The number of amides is 2. The molecule has 2 aromatic carbocycles. The number of anilines is 3. The molecule has 198 valence electrons. The van der Waals surface area contributed by atoms with E-state index in [1.54, 1.807) is 30.5 Å². The molecule has 5 rings (SSSR count). The summed E-state index contributed by atoms with van der Waals surface area (Å²) in [7, 11) is 0. The van der Waals surface area contributed by atoms with Crippen molar-refractivity contribution in [3.05, 3.63) is 89.4 Å². The van der Waals surface area contributed by atoms with Crippen molar-refractivity contribution in [2.75, 3.05) is 17.2 Å². The van der Waals surface area contributed by atoms with Gasteiger partial charge in [-0.2, -0.15) is 0 Å². The highest BCUT2D eigenvalue weighted by molar-refractivity contribution is 6.34. The Kier molecular flexibility index (Phi) is 7.90. The first-order valence-electron chi connectivity index (χ1n) is 12.2. The van der Waals surface area contributed by atoms with Gasteiger partial charge in [-0.05, 0) is 61.4 Å². The molecule has 2 N–H and O–H groups in total. The molecule has 1 aliphatic rings. The van der Waals surface area contributed by atoms with E-state index in [0.29, 0.717) is 63.5 Å². The summed E-state index contributed by atoms with van der Waals surface area (Å²) in [4.78, 5) is 39.6. The summed E-state index contributed by atoms with van der Waals surface area (Å²) in [6, 6.07) is 13.7. The fourth-order valence-electron chi connectivity index (χ4n) is 4.38. The van der Waals surface area contributed by atoms with Crippen LogP contribution in [0.2, 0.25) is 10.0 Å². The lowest BCUT2D eigenvalue weighted by Gasteiger charge is -2.23. The van der Waals surface area contributed by atoms with Crippen LogP contribution in [0.3, 0.4) is 0 Å². The van der Waals surface area contributed by atoms with E-state index in [9.17, 15) is 9.59 Å². The summed E-state index contributed by atoms with van der Waals surface area (Å²) in [5.41, 5.74) is 2.44. The van der Waals surface area contributed by atoms with E-state index >= 15 is 0 Å². The van der Waals surface area contributed by atoms with E-state index in [-0.39, 0.29) is 11.8 Å². The second-order valence-corrected chi connectivity index (χ2v) is 9.65. The van der Waals surface area contributed by atoms with Crippen LogP contribution in [0.4, 0.5) is 17.2 Å². The summed E-state index contributed by atoms with van der Waals surface area (Å²) < 4.78 is 5.80. The van der Waals surface area contributed by atoms with Crippen molar-refractivity contribution in [2.24, 2.45) is 0 Å². The summed E-state index contributed by atoms with van der Waals surface area (Å²) in [6.07, 6.45) is 5.64. The number of likely N-dealkylation sites (tertiary alicyclic amines) is 1. The third-order valence-electron chi connectivity index (χ3n) is 6.29. The monoisotopic (exact) mass is 562 g/mol. The number of carbonyl (C=O) groups is 2. The van der Waals surface area contributed by atoms with Crippen LogP contribution in [0.15, 0.2) is 73.7 Å². The van der Waals surface area contributed by atoms with Gasteiger partial charge in [0, 0.05) is 23.8 Å². The van der Waals surface area contributed by atoms with Gasteiger partial charge >= 0.3 is 0 Å². The van der Waals surface area contributed by atoms with E-state index < -0.39 is 6.04 Å². The number of halogens is 2. The highest BCUT2D eigenvalue weighted by Crippen LogP contribution is 2.34. The molecule has 0 bridgehead atoms. The summed E-state index contributed by atoms with van der Waals surface area (Å²) >= 11 is 12.9. The summed E-state index contributed by atoms with van der Waals surface area (Å²) in [5.74, 6) is 0.426. The molecule has 1 atom stereocenters. The Balaban J connectivity index is 1.35. The fourth-order valence-corrected chi connectivity index (χ4v) is 4.82. The Morgan fingerprint density at radius 2 is 1.97 bits per heavy atom. The van der Waals surface area contributed by atoms with Crippen LogP contribution in [0, 0.1) is 0 Å². The van der Waals surface area contributed by atoms with Gasteiger partial charge in [0.25, 0.3) is 0 Å². The molecule has 0 radical (unpaired) electrons. The van der Waals surface area contributed by atoms with E-state index in [0.717, 1.165) is 12.1 Å². The predicted molar refractivity (Wildman–Crippen MR) is 151 cm³/mol. The van der Waals surface area contributed by atoms with Crippen molar-refractivity contribution >= 4 is 63.1 Å². The maximum absolute atomic E-state index is 13.0. The normalized spacial score (nSPS) is 14.7. The third kappa shape index (κ3) is 5.94. The Morgan fingerprint density at radius 1 is 1.10 bits per heavy atom. The van der Waals surface area contributed by atoms with Crippen molar-refractivity contribution in [3.63, 3.8) is 0 Å². The van der Waals surface area contributed by atoms with Crippen LogP contribution in [-0.2, 0) is 16.2 Å². The lowest BCUT2D eigenvalue weighted by molar-refractivity contribution is -0.132. The highest BCUT2D eigenvalue weighted by Gasteiger charge is 2.33. The zero-order valence-corrected chi connectivity index (χ0v) is 22.2. The molecule has 2 amide bonds.